The number of amides is 2. The van der Waals surface area contributed by atoms with Crippen molar-refractivity contribution in [1.82, 2.24) is 5.32 Å². The van der Waals surface area contributed by atoms with Crippen molar-refractivity contribution in [2.75, 3.05) is 24.6 Å². The third-order valence-corrected chi connectivity index (χ3v) is 4.71. The van der Waals surface area contributed by atoms with Gasteiger partial charge in [0.15, 0.2) is 6.61 Å². The molecule has 1 aliphatic heterocycles. The molecule has 1 heterocycles. The van der Waals surface area contributed by atoms with Crippen LogP contribution in [0.5, 0.6) is 5.75 Å². The summed E-state index contributed by atoms with van der Waals surface area (Å²) in [5.74, 6) is -0.637. The molecule has 29 heavy (non-hydrogen) atoms. The second-order valence-electron chi connectivity index (χ2n) is 6.67. The normalized spacial score (nSPS) is 16.8. The Hall–Kier alpha value is -2.74. The van der Waals surface area contributed by atoms with E-state index >= 15 is 0 Å². The number of nitrogens with one attached hydrogen (secondary N) is 1. The Morgan fingerprint density at radius 3 is 2.62 bits per heavy atom. The minimum absolute atomic E-state index is 0.0417. The summed E-state index contributed by atoms with van der Waals surface area (Å²) in [4.78, 5) is 25.8. The van der Waals surface area contributed by atoms with Crippen LogP contribution in [0.4, 0.5) is 18.9 Å². The summed E-state index contributed by atoms with van der Waals surface area (Å²) in [7, 11) is 0. The van der Waals surface area contributed by atoms with Gasteiger partial charge in [-0.3, -0.25) is 9.59 Å². The van der Waals surface area contributed by atoms with Crippen LogP contribution in [0.15, 0.2) is 48.5 Å². The number of hydrogen-bond donors (Lipinski definition) is 1. The molecule has 154 valence electrons. The fourth-order valence-corrected chi connectivity index (χ4v) is 3.14. The topological polar surface area (TPSA) is 58.6 Å². The minimum atomic E-state index is -4.48. The molecule has 0 radical (unpaired) electrons. The molecule has 2 aromatic carbocycles. The molecule has 2 aromatic rings. The Labute approximate surface area is 170 Å². The predicted molar refractivity (Wildman–Crippen MR) is 102 cm³/mol. The van der Waals surface area contributed by atoms with Crippen molar-refractivity contribution >= 4 is 29.1 Å². The van der Waals surface area contributed by atoms with Crippen molar-refractivity contribution in [3.05, 3.63) is 59.1 Å². The van der Waals surface area contributed by atoms with Gasteiger partial charge in [0.05, 0.1) is 5.56 Å². The van der Waals surface area contributed by atoms with Gasteiger partial charge in [-0.2, -0.15) is 13.2 Å². The standard InChI is InChI=1S/C20H18ClF3N2O3/c21-15-4-6-16(7-5-15)26-11-13(8-19(26)28)10-25-18(27)12-29-17-3-1-2-14(9-17)20(22,23)24/h1-7,9,13H,8,10-12H2,(H,25,27). The molecule has 5 nitrogen and oxygen atoms in total. The number of anilines is 1. The SMILES string of the molecule is O=C(COc1cccc(C(F)(F)F)c1)NCC1CC(=O)N(c2ccc(Cl)cc2)C1. The molecule has 1 unspecified atom stereocenters. The molecule has 1 aliphatic rings. The monoisotopic (exact) mass is 426 g/mol. The molecule has 0 saturated carbocycles. The molecule has 9 heteroatoms. The van der Waals surface area contributed by atoms with Crippen molar-refractivity contribution in [3.8, 4) is 5.75 Å². The maximum absolute atomic E-state index is 12.7. The second kappa shape index (κ2) is 8.73. The van der Waals surface area contributed by atoms with Crippen LogP contribution in [0.1, 0.15) is 12.0 Å². The molecule has 0 aliphatic carbocycles. The molecular formula is C20H18ClF3N2O3. The summed E-state index contributed by atoms with van der Waals surface area (Å²) < 4.78 is 43.2. The highest BCUT2D eigenvalue weighted by Gasteiger charge is 2.31. The summed E-state index contributed by atoms with van der Waals surface area (Å²) in [5, 5.41) is 3.23. The first-order chi connectivity index (χ1) is 13.7. The van der Waals surface area contributed by atoms with Crippen LogP contribution >= 0.6 is 11.6 Å². The van der Waals surface area contributed by atoms with Crippen LogP contribution in [0.3, 0.4) is 0 Å². The third kappa shape index (κ3) is 5.63. The van der Waals surface area contributed by atoms with Crippen molar-refractivity contribution in [2.45, 2.75) is 12.6 Å². The maximum atomic E-state index is 12.7. The van der Waals surface area contributed by atoms with Crippen LogP contribution in [-0.4, -0.2) is 31.5 Å². The third-order valence-electron chi connectivity index (χ3n) is 4.46. The summed E-state index contributed by atoms with van der Waals surface area (Å²) in [6, 6.07) is 11.2. The zero-order chi connectivity index (χ0) is 21.0. The summed E-state index contributed by atoms with van der Waals surface area (Å²) in [6.07, 6.45) is -4.19. The Balaban J connectivity index is 1.46. The van der Waals surface area contributed by atoms with Crippen LogP contribution in [0.2, 0.25) is 5.02 Å². The lowest BCUT2D eigenvalue weighted by Gasteiger charge is -2.17. The van der Waals surface area contributed by atoms with Gasteiger partial charge in [0.2, 0.25) is 5.91 Å². The summed E-state index contributed by atoms with van der Waals surface area (Å²) in [5.41, 5.74) is -0.108. The summed E-state index contributed by atoms with van der Waals surface area (Å²) >= 11 is 5.85. The van der Waals surface area contributed by atoms with E-state index in [1.54, 1.807) is 29.2 Å². The molecule has 2 amide bonds. The zero-order valence-electron chi connectivity index (χ0n) is 15.2. The van der Waals surface area contributed by atoms with Crippen LogP contribution < -0.4 is 15.0 Å². The van der Waals surface area contributed by atoms with E-state index in [1.165, 1.54) is 12.1 Å². The van der Waals surface area contributed by atoms with Gasteiger partial charge >= 0.3 is 6.18 Å². The number of carbonyl (C=O) groups excluding carboxylic acids is 2. The molecule has 0 spiro atoms. The molecule has 0 bridgehead atoms. The lowest BCUT2D eigenvalue weighted by molar-refractivity contribution is -0.137. The average molecular weight is 427 g/mol. The zero-order valence-corrected chi connectivity index (χ0v) is 16.0. The van der Waals surface area contributed by atoms with Gasteiger partial charge in [-0.25, -0.2) is 0 Å². The van der Waals surface area contributed by atoms with E-state index in [2.05, 4.69) is 5.32 Å². The van der Waals surface area contributed by atoms with E-state index in [0.717, 1.165) is 17.8 Å². The van der Waals surface area contributed by atoms with E-state index in [9.17, 15) is 22.8 Å². The number of ether oxygens (including phenoxy) is 1. The molecule has 0 aromatic heterocycles. The first kappa shape index (κ1) is 21.0. The van der Waals surface area contributed by atoms with Crippen molar-refractivity contribution in [3.63, 3.8) is 0 Å². The molecule has 1 atom stereocenters. The van der Waals surface area contributed by atoms with E-state index in [-0.39, 0.29) is 30.5 Å². The van der Waals surface area contributed by atoms with Gasteiger partial charge in [0.1, 0.15) is 5.75 Å². The minimum Gasteiger partial charge on any atom is -0.484 e. The quantitative estimate of drug-likeness (QED) is 0.762. The fourth-order valence-electron chi connectivity index (χ4n) is 3.01. The number of alkyl halides is 3. The number of hydrogen-bond acceptors (Lipinski definition) is 3. The Kier molecular flexibility index (Phi) is 6.32. The van der Waals surface area contributed by atoms with Crippen LogP contribution in [-0.2, 0) is 15.8 Å². The molecule has 1 saturated heterocycles. The number of benzene rings is 2. The number of rotatable bonds is 6. The lowest BCUT2D eigenvalue weighted by atomic mass is 10.1. The van der Waals surface area contributed by atoms with Gasteiger partial charge in [0.25, 0.3) is 5.91 Å². The van der Waals surface area contributed by atoms with Crippen molar-refractivity contribution in [1.29, 1.82) is 0 Å². The predicted octanol–water partition coefficient (Wildman–Crippen LogP) is 3.91. The van der Waals surface area contributed by atoms with Gasteiger partial charge in [-0.1, -0.05) is 17.7 Å². The molecule has 3 rings (SSSR count). The highest BCUT2D eigenvalue weighted by Crippen LogP contribution is 2.31. The van der Waals surface area contributed by atoms with Gasteiger partial charge in [0, 0.05) is 36.1 Å². The largest absolute Gasteiger partial charge is 0.484 e. The first-order valence-corrected chi connectivity index (χ1v) is 9.23. The second-order valence-corrected chi connectivity index (χ2v) is 7.11. The van der Waals surface area contributed by atoms with E-state index < -0.39 is 24.3 Å². The number of halogens is 4. The Morgan fingerprint density at radius 1 is 1.21 bits per heavy atom. The highest BCUT2D eigenvalue weighted by atomic mass is 35.5. The smallest absolute Gasteiger partial charge is 0.416 e. The molecule has 1 fully saturated rings. The van der Waals surface area contributed by atoms with Crippen molar-refractivity contribution < 1.29 is 27.5 Å². The maximum Gasteiger partial charge on any atom is 0.416 e. The Morgan fingerprint density at radius 2 is 1.93 bits per heavy atom. The average Bonchev–Trinajstić information content (AvgIpc) is 3.05. The number of carbonyl (C=O) groups is 2. The highest BCUT2D eigenvalue weighted by molar-refractivity contribution is 6.30. The Bertz CT molecular complexity index is 887. The first-order valence-electron chi connectivity index (χ1n) is 8.85. The van der Waals surface area contributed by atoms with E-state index in [4.69, 9.17) is 16.3 Å². The number of nitrogens with zero attached hydrogens (tertiary/aromatic N) is 1. The molecule has 1 N–H and O–H groups in total. The fraction of sp³-hybridized carbons (Fsp3) is 0.300. The van der Waals surface area contributed by atoms with Crippen LogP contribution in [0, 0.1) is 5.92 Å². The van der Waals surface area contributed by atoms with E-state index in [1.807, 2.05) is 0 Å². The summed E-state index contributed by atoms with van der Waals surface area (Å²) in [6.45, 7) is 0.304. The van der Waals surface area contributed by atoms with Crippen molar-refractivity contribution in [2.24, 2.45) is 5.92 Å². The van der Waals surface area contributed by atoms with Crippen LogP contribution in [0.25, 0.3) is 0 Å². The lowest BCUT2D eigenvalue weighted by Crippen LogP contribution is -2.34. The molecular weight excluding hydrogens is 409 g/mol. The van der Waals surface area contributed by atoms with Gasteiger partial charge in [-0.05, 0) is 42.5 Å². The van der Waals surface area contributed by atoms with Gasteiger partial charge in [-0.15, -0.1) is 0 Å². The van der Waals surface area contributed by atoms with E-state index in [0.29, 0.717) is 11.6 Å². The van der Waals surface area contributed by atoms with Gasteiger partial charge < -0.3 is 15.0 Å².